The fraction of sp³-hybridized carbons (Fsp3) is 0.389. The Morgan fingerprint density at radius 2 is 2.12 bits per heavy atom. The van der Waals surface area contributed by atoms with Gasteiger partial charge in [-0.3, -0.25) is 4.79 Å². The van der Waals surface area contributed by atoms with E-state index in [9.17, 15) is 10.1 Å². The van der Waals surface area contributed by atoms with Crippen molar-refractivity contribution in [1.82, 2.24) is 20.0 Å². The zero-order chi connectivity index (χ0) is 16.7. The van der Waals surface area contributed by atoms with Crippen molar-refractivity contribution in [3.8, 4) is 11.9 Å². The Bertz CT molecular complexity index is 804. The van der Waals surface area contributed by atoms with Gasteiger partial charge in [0.2, 0.25) is 0 Å². The van der Waals surface area contributed by atoms with E-state index in [0.29, 0.717) is 11.6 Å². The predicted octanol–water partition coefficient (Wildman–Crippen LogP) is 2.00. The molecule has 0 unspecified atom stereocenters. The number of fused-ring (bicyclic) bond motifs is 2. The van der Waals surface area contributed by atoms with E-state index in [1.165, 1.54) is 0 Å². The zero-order valence-corrected chi connectivity index (χ0v) is 13.5. The first-order valence-electron chi connectivity index (χ1n) is 8.26. The number of aryl methyl sites for hydroxylation is 1. The molecule has 0 radical (unpaired) electrons. The molecule has 1 aromatic carbocycles. The second-order valence-corrected chi connectivity index (χ2v) is 6.63. The molecule has 2 saturated heterocycles. The molecule has 24 heavy (non-hydrogen) atoms. The first kappa shape index (κ1) is 14.8. The third-order valence-electron chi connectivity index (χ3n) is 5.07. The van der Waals surface area contributed by atoms with E-state index in [1.807, 2.05) is 42.3 Å². The maximum absolute atomic E-state index is 12.5. The van der Waals surface area contributed by atoms with Gasteiger partial charge >= 0.3 is 0 Å². The highest BCUT2D eigenvalue weighted by Crippen LogP contribution is 2.37. The number of nitriles is 1. The quantitative estimate of drug-likeness (QED) is 0.878. The van der Waals surface area contributed by atoms with Crippen molar-refractivity contribution in [3.63, 3.8) is 0 Å². The van der Waals surface area contributed by atoms with Crippen LogP contribution in [0.1, 0.15) is 35.2 Å². The van der Waals surface area contributed by atoms with E-state index >= 15 is 0 Å². The topological polar surface area (TPSA) is 74.0 Å². The summed E-state index contributed by atoms with van der Waals surface area (Å²) in [6, 6.07) is 7.96. The summed E-state index contributed by atoms with van der Waals surface area (Å²) in [5, 5.41) is 16.6. The van der Waals surface area contributed by atoms with Crippen LogP contribution in [0.3, 0.4) is 0 Å². The van der Waals surface area contributed by atoms with Crippen LogP contribution >= 0.6 is 0 Å². The molecule has 2 aliphatic rings. The van der Waals surface area contributed by atoms with Gasteiger partial charge in [-0.2, -0.15) is 10.4 Å². The average molecular weight is 321 g/mol. The number of nitrogens with zero attached hydrogens (tertiary/aromatic N) is 4. The summed E-state index contributed by atoms with van der Waals surface area (Å²) in [4.78, 5) is 14.3. The highest BCUT2D eigenvalue weighted by Gasteiger charge is 2.46. The van der Waals surface area contributed by atoms with Crippen LogP contribution in [-0.4, -0.2) is 38.7 Å². The second kappa shape index (κ2) is 5.68. The van der Waals surface area contributed by atoms with Gasteiger partial charge in [0.05, 0.1) is 24.0 Å². The number of hydrogen-bond donors (Lipinski definition) is 1. The van der Waals surface area contributed by atoms with Gasteiger partial charge in [-0.15, -0.1) is 0 Å². The van der Waals surface area contributed by atoms with Gasteiger partial charge in [0.25, 0.3) is 5.91 Å². The van der Waals surface area contributed by atoms with Gasteiger partial charge in [-0.1, -0.05) is 0 Å². The summed E-state index contributed by atoms with van der Waals surface area (Å²) in [5.74, 6) is -0.0753. The van der Waals surface area contributed by atoms with Crippen LogP contribution in [-0.2, 0) is 0 Å². The van der Waals surface area contributed by atoms with Crippen LogP contribution in [0.5, 0.6) is 0 Å². The van der Waals surface area contributed by atoms with Gasteiger partial charge < -0.3 is 10.2 Å². The van der Waals surface area contributed by atoms with E-state index in [0.717, 1.165) is 30.5 Å². The number of nitrogens with one attached hydrogen (secondary N) is 1. The Morgan fingerprint density at radius 3 is 2.75 bits per heavy atom. The van der Waals surface area contributed by atoms with Crippen molar-refractivity contribution in [2.75, 3.05) is 0 Å². The molecule has 4 rings (SSSR count). The Labute approximate surface area is 140 Å². The molecule has 2 bridgehead atoms. The number of rotatable bonds is 3. The molecule has 2 aromatic rings. The molecule has 0 saturated carbocycles. The lowest BCUT2D eigenvalue weighted by Gasteiger charge is -2.21. The SMILES string of the molecule is Cc1cnn(-c2ccc(C(=O)N[C@@H]3C[C@@H]4CC[C@H]3N4C#N)cc2)c1. The Hall–Kier alpha value is -2.81. The molecule has 1 aromatic heterocycles. The van der Waals surface area contributed by atoms with Crippen LogP contribution in [0.15, 0.2) is 36.7 Å². The fourth-order valence-corrected chi connectivity index (χ4v) is 3.87. The molecule has 1 N–H and O–H groups in total. The van der Waals surface area contributed by atoms with Crippen molar-refractivity contribution in [3.05, 3.63) is 47.8 Å². The third kappa shape index (κ3) is 2.42. The average Bonchev–Trinajstić information content (AvgIpc) is 3.28. The minimum absolute atomic E-state index is 0.0735. The number of carbonyl (C=O) groups excluding carboxylic acids is 1. The summed E-state index contributed by atoms with van der Waals surface area (Å²) < 4.78 is 1.79. The first-order chi connectivity index (χ1) is 11.7. The Morgan fingerprint density at radius 1 is 1.33 bits per heavy atom. The Kier molecular flexibility index (Phi) is 3.49. The standard InChI is InChI=1S/C18H19N5O/c1-12-9-20-23(10-12)14-4-2-13(3-5-14)18(24)21-16-8-15-6-7-17(16)22(15)11-19/h2-5,9-10,15-17H,6-8H2,1H3,(H,21,24)/t15-,16+,17+/m0/s1. The van der Waals surface area contributed by atoms with Crippen molar-refractivity contribution in [2.45, 2.75) is 44.3 Å². The second-order valence-electron chi connectivity index (χ2n) is 6.63. The largest absolute Gasteiger partial charge is 0.347 e. The first-order valence-corrected chi connectivity index (χ1v) is 8.26. The molecule has 1 amide bonds. The highest BCUT2D eigenvalue weighted by molar-refractivity contribution is 5.94. The van der Waals surface area contributed by atoms with Gasteiger partial charge in [0.1, 0.15) is 0 Å². The minimum Gasteiger partial charge on any atom is -0.347 e. The van der Waals surface area contributed by atoms with E-state index in [2.05, 4.69) is 16.6 Å². The Balaban J connectivity index is 1.45. The van der Waals surface area contributed by atoms with Crippen molar-refractivity contribution in [2.24, 2.45) is 0 Å². The molecule has 0 spiro atoms. The molecule has 6 nitrogen and oxygen atoms in total. The molecule has 6 heteroatoms. The maximum atomic E-state index is 12.5. The van der Waals surface area contributed by atoms with Gasteiger partial charge in [0.15, 0.2) is 6.19 Å². The lowest BCUT2D eigenvalue weighted by atomic mass is 9.95. The molecule has 2 aliphatic heterocycles. The molecular formula is C18H19N5O. The molecule has 2 fully saturated rings. The van der Waals surface area contributed by atoms with Gasteiger partial charge in [0, 0.05) is 17.8 Å². The number of hydrogen-bond acceptors (Lipinski definition) is 4. The van der Waals surface area contributed by atoms with Crippen molar-refractivity contribution >= 4 is 5.91 Å². The van der Waals surface area contributed by atoms with Crippen LogP contribution in [0.25, 0.3) is 5.69 Å². The van der Waals surface area contributed by atoms with Gasteiger partial charge in [-0.25, -0.2) is 4.68 Å². The summed E-state index contributed by atoms with van der Waals surface area (Å²) in [7, 11) is 0. The maximum Gasteiger partial charge on any atom is 0.251 e. The number of aromatic nitrogens is 2. The molecule has 122 valence electrons. The monoisotopic (exact) mass is 321 g/mol. The summed E-state index contributed by atoms with van der Waals surface area (Å²) in [5.41, 5.74) is 2.65. The smallest absolute Gasteiger partial charge is 0.251 e. The van der Waals surface area contributed by atoms with Crippen molar-refractivity contribution in [1.29, 1.82) is 5.26 Å². The van der Waals surface area contributed by atoms with Crippen LogP contribution in [0, 0.1) is 18.4 Å². The third-order valence-corrected chi connectivity index (χ3v) is 5.07. The van der Waals surface area contributed by atoms with Crippen LogP contribution < -0.4 is 5.32 Å². The number of amides is 1. The molecule has 0 aliphatic carbocycles. The summed E-state index contributed by atoms with van der Waals surface area (Å²) >= 11 is 0. The van der Waals surface area contributed by atoms with E-state index in [-0.39, 0.29) is 18.0 Å². The molecule has 3 atom stereocenters. The predicted molar refractivity (Wildman–Crippen MR) is 88.4 cm³/mol. The lowest BCUT2D eigenvalue weighted by molar-refractivity contribution is 0.0928. The van der Waals surface area contributed by atoms with Gasteiger partial charge in [-0.05, 0) is 56.0 Å². The van der Waals surface area contributed by atoms with E-state index in [1.54, 1.807) is 10.9 Å². The molecule has 3 heterocycles. The summed E-state index contributed by atoms with van der Waals surface area (Å²) in [6.07, 6.45) is 8.93. The number of benzene rings is 1. The van der Waals surface area contributed by atoms with E-state index in [4.69, 9.17) is 0 Å². The molecular weight excluding hydrogens is 302 g/mol. The van der Waals surface area contributed by atoms with Crippen LogP contribution in [0.2, 0.25) is 0 Å². The fourth-order valence-electron chi connectivity index (χ4n) is 3.87. The van der Waals surface area contributed by atoms with E-state index < -0.39 is 0 Å². The normalized spacial score (nSPS) is 24.8. The zero-order valence-electron chi connectivity index (χ0n) is 13.5. The highest BCUT2D eigenvalue weighted by atomic mass is 16.1. The van der Waals surface area contributed by atoms with Crippen LogP contribution in [0.4, 0.5) is 0 Å². The number of carbonyl (C=O) groups is 1. The van der Waals surface area contributed by atoms with Crippen molar-refractivity contribution < 1.29 is 4.79 Å². The summed E-state index contributed by atoms with van der Waals surface area (Å²) in [6.45, 7) is 1.99. The minimum atomic E-state index is -0.0753. The lowest BCUT2D eigenvalue weighted by Crippen LogP contribution is -2.43.